The smallest absolute Gasteiger partial charge is 0.0246 e. The maximum atomic E-state index is 2.37. The highest BCUT2D eigenvalue weighted by atomic mass is 14.1. The summed E-state index contributed by atoms with van der Waals surface area (Å²) in [5.74, 6) is 2.53. The Hall–Kier alpha value is 0. The van der Waals surface area contributed by atoms with Crippen molar-refractivity contribution in [2.75, 3.05) is 0 Å². The molecule has 0 rings (SSSR count). The second-order valence-corrected chi connectivity index (χ2v) is 4.30. The second-order valence-electron chi connectivity index (χ2n) is 4.30. The minimum absolute atomic E-state index is 0.853. The van der Waals surface area contributed by atoms with Gasteiger partial charge >= 0.3 is 0 Å². The fourth-order valence-electron chi connectivity index (χ4n) is 1.65. The Labute approximate surface area is 85.1 Å². The highest BCUT2D eigenvalue weighted by Crippen LogP contribution is 2.22. The van der Waals surface area contributed by atoms with Gasteiger partial charge in [-0.3, -0.25) is 0 Å². The van der Waals surface area contributed by atoms with E-state index in [2.05, 4.69) is 27.7 Å². The van der Waals surface area contributed by atoms with E-state index >= 15 is 0 Å². The van der Waals surface area contributed by atoms with Crippen molar-refractivity contribution in [2.24, 2.45) is 5.92 Å². The van der Waals surface area contributed by atoms with E-state index in [0.717, 1.165) is 5.92 Å². The number of hydrogen-bond acceptors (Lipinski definition) is 0. The van der Waals surface area contributed by atoms with Gasteiger partial charge in [0.2, 0.25) is 0 Å². The Morgan fingerprint density at radius 3 is 2.15 bits per heavy atom. The van der Waals surface area contributed by atoms with Gasteiger partial charge in [0.1, 0.15) is 0 Å². The molecule has 0 bridgehead atoms. The average Bonchev–Trinajstić information content (AvgIpc) is 2.16. The largest absolute Gasteiger partial charge is 0.0654 e. The molecule has 79 valence electrons. The summed E-state index contributed by atoms with van der Waals surface area (Å²) in [6.45, 7) is 9.22. The maximum absolute atomic E-state index is 2.37. The minimum Gasteiger partial charge on any atom is -0.0654 e. The van der Waals surface area contributed by atoms with Crippen LogP contribution in [0.5, 0.6) is 0 Å². The van der Waals surface area contributed by atoms with E-state index in [1.807, 2.05) is 0 Å². The molecule has 1 radical (unpaired) electrons. The zero-order valence-corrected chi connectivity index (χ0v) is 10.0. The lowest BCUT2D eigenvalue weighted by atomic mass is 9.89. The third-order valence-electron chi connectivity index (χ3n) is 3.14. The summed E-state index contributed by atoms with van der Waals surface area (Å²) in [7, 11) is 0. The Bertz CT molecular complexity index is 96.2. The predicted octanol–water partition coefficient (Wildman–Crippen LogP) is 4.99. The molecule has 0 spiro atoms. The zero-order valence-electron chi connectivity index (χ0n) is 10.0. The molecule has 0 aliphatic heterocycles. The molecule has 0 aliphatic carbocycles. The molecular weight excluding hydrogens is 156 g/mol. The Balaban J connectivity index is 3.21. The third kappa shape index (κ3) is 7.10. The van der Waals surface area contributed by atoms with Crippen molar-refractivity contribution in [1.29, 1.82) is 0 Å². The summed E-state index contributed by atoms with van der Waals surface area (Å²) in [5, 5.41) is 0. The normalized spacial score (nSPS) is 13.6. The van der Waals surface area contributed by atoms with Crippen LogP contribution in [0.25, 0.3) is 0 Å². The van der Waals surface area contributed by atoms with Crippen LogP contribution in [0.4, 0.5) is 0 Å². The molecule has 0 amide bonds. The van der Waals surface area contributed by atoms with Crippen LogP contribution in [0.1, 0.15) is 72.6 Å². The fourth-order valence-corrected chi connectivity index (χ4v) is 1.65. The van der Waals surface area contributed by atoms with E-state index in [1.165, 1.54) is 44.9 Å². The van der Waals surface area contributed by atoms with E-state index in [-0.39, 0.29) is 0 Å². The second kappa shape index (κ2) is 8.59. The molecule has 0 aliphatic rings. The molecule has 0 saturated heterocycles. The van der Waals surface area contributed by atoms with Crippen LogP contribution in [-0.4, -0.2) is 0 Å². The first kappa shape index (κ1) is 13.0. The van der Waals surface area contributed by atoms with E-state index in [0.29, 0.717) is 0 Å². The zero-order chi connectivity index (χ0) is 10.1. The summed E-state index contributed by atoms with van der Waals surface area (Å²) in [6, 6.07) is 0. The quantitative estimate of drug-likeness (QED) is 0.465. The summed E-state index contributed by atoms with van der Waals surface area (Å²) in [4.78, 5) is 0. The highest BCUT2D eigenvalue weighted by molar-refractivity contribution is 4.87. The molecule has 0 aromatic heterocycles. The van der Waals surface area contributed by atoms with Gasteiger partial charge in [-0.1, -0.05) is 66.2 Å². The van der Waals surface area contributed by atoms with Crippen LogP contribution in [0.2, 0.25) is 0 Å². The SMILES string of the molecule is CCCCCCCC(C)[C](C)CC. The monoisotopic (exact) mass is 183 g/mol. The summed E-state index contributed by atoms with van der Waals surface area (Å²) >= 11 is 0. The molecule has 0 aromatic rings. The molecule has 0 aromatic carbocycles. The lowest BCUT2D eigenvalue weighted by molar-refractivity contribution is 0.484. The van der Waals surface area contributed by atoms with E-state index < -0.39 is 0 Å². The molecule has 0 saturated carbocycles. The lowest BCUT2D eigenvalue weighted by Gasteiger charge is -2.17. The van der Waals surface area contributed by atoms with Gasteiger partial charge in [0.25, 0.3) is 0 Å². The minimum atomic E-state index is 0.853. The topological polar surface area (TPSA) is 0 Å². The first-order chi connectivity index (χ1) is 6.22. The van der Waals surface area contributed by atoms with Crippen molar-refractivity contribution in [3.05, 3.63) is 5.92 Å². The van der Waals surface area contributed by atoms with Gasteiger partial charge in [-0.15, -0.1) is 0 Å². The van der Waals surface area contributed by atoms with Crippen molar-refractivity contribution in [1.82, 2.24) is 0 Å². The average molecular weight is 183 g/mol. The van der Waals surface area contributed by atoms with E-state index in [9.17, 15) is 0 Å². The van der Waals surface area contributed by atoms with Gasteiger partial charge in [-0.2, -0.15) is 0 Å². The first-order valence-electron chi connectivity index (χ1n) is 6.04. The van der Waals surface area contributed by atoms with Crippen molar-refractivity contribution >= 4 is 0 Å². The van der Waals surface area contributed by atoms with Gasteiger partial charge in [-0.05, 0) is 18.3 Å². The number of hydrogen-bond donors (Lipinski definition) is 0. The molecule has 1 unspecified atom stereocenters. The van der Waals surface area contributed by atoms with Crippen LogP contribution in [0, 0.1) is 11.8 Å². The third-order valence-corrected chi connectivity index (χ3v) is 3.14. The van der Waals surface area contributed by atoms with Crippen LogP contribution in [-0.2, 0) is 0 Å². The summed E-state index contributed by atoms with van der Waals surface area (Å²) in [6.07, 6.45) is 9.75. The summed E-state index contributed by atoms with van der Waals surface area (Å²) in [5.41, 5.74) is 0. The molecule has 0 fully saturated rings. The Morgan fingerprint density at radius 1 is 1.00 bits per heavy atom. The van der Waals surface area contributed by atoms with Gasteiger partial charge in [0, 0.05) is 0 Å². The van der Waals surface area contributed by atoms with Crippen LogP contribution >= 0.6 is 0 Å². The van der Waals surface area contributed by atoms with Gasteiger partial charge in [-0.25, -0.2) is 0 Å². The molecular formula is C13H27. The predicted molar refractivity (Wildman–Crippen MR) is 61.7 cm³/mol. The van der Waals surface area contributed by atoms with Crippen molar-refractivity contribution < 1.29 is 0 Å². The molecule has 0 nitrogen and oxygen atoms in total. The van der Waals surface area contributed by atoms with Gasteiger partial charge in [0.15, 0.2) is 0 Å². The van der Waals surface area contributed by atoms with E-state index in [4.69, 9.17) is 0 Å². The molecule has 0 N–H and O–H groups in total. The van der Waals surface area contributed by atoms with Crippen molar-refractivity contribution in [3.63, 3.8) is 0 Å². The molecule has 0 heteroatoms. The molecule has 0 heterocycles. The van der Waals surface area contributed by atoms with Gasteiger partial charge < -0.3 is 0 Å². The Morgan fingerprint density at radius 2 is 1.62 bits per heavy atom. The Kier molecular flexibility index (Phi) is 8.59. The van der Waals surface area contributed by atoms with Crippen molar-refractivity contribution in [3.8, 4) is 0 Å². The summed E-state index contributed by atoms with van der Waals surface area (Å²) < 4.78 is 0. The fraction of sp³-hybridized carbons (Fsp3) is 0.923. The van der Waals surface area contributed by atoms with Crippen LogP contribution in [0.3, 0.4) is 0 Å². The van der Waals surface area contributed by atoms with Crippen LogP contribution < -0.4 is 0 Å². The maximum Gasteiger partial charge on any atom is -0.0246 e. The first-order valence-corrected chi connectivity index (χ1v) is 6.04. The highest BCUT2D eigenvalue weighted by Gasteiger charge is 2.09. The molecule has 1 atom stereocenters. The molecule has 13 heavy (non-hydrogen) atoms. The standard InChI is InChI=1S/C13H27/c1-5-7-8-9-10-11-13(4)12(3)6-2/h13H,5-11H2,1-4H3. The van der Waals surface area contributed by atoms with E-state index in [1.54, 1.807) is 5.92 Å². The number of rotatable bonds is 8. The van der Waals surface area contributed by atoms with Crippen LogP contribution in [0.15, 0.2) is 0 Å². The number of unbranched alkanes of at least 4 members (excludes halogenated alkanes) is 4. The van der Waals surface area contributed by atoms with Gasteiger partial charge in [0.05, 0.1) is 0 Å². The lowest BCUT2D eigenvalue weighted by Crippen LogP contribution is -2.04. The van der Waals surface area contributed by atoms with Crippen molar-refractivity contribution in [2.45, 2.75) is 72.6 Å².